The molecule has 0 bridgehead atoms. The van der Waals surface area contributed by atoms with E-state index in [9.17, 15) is 0 Å². The second-order valence-electron chi connectivity index (χ2n) is 5.15. The quantitative estimate of drug-likeness (QED) is 0.760. The van der Waals surface area contributed by atoms with Crippen molar-refractivity contribution in [2.24, 2.45) is 11.7 Å². The van der Waals surface area contributed by atoms with Crippen LogP contribution in [-0.4, -0.2) is 13.2 Å². The molecular formula is C16H26BrNO. The summed E-state index contributed by atoms with van der Waals surface area (Å²) in [6, 6.07) is 6.47. The van der Waals surface area contributed by atoms with Crippen LogP contribution in [0.3, 0.4) is 0 Å². The van der Waals surface area contributed by atoms with Gasteiger partial charge in [0.1, 0.15) is 5.75 Å². The molecule has 1 rings (SSSR count). The van der Waals surface area contributed by atoms with Crippen molar-refractivity contribution in [2.75, 3.05) is 7.11 Å². The minimum absolute atomic E-state index is 0.247. The average molecular weight is 328 g/mol. The standard InChI is InChI=1S/C16H26BrNO/c1-4-6-7-13(5-2)15(18)11-12-8-9-16(19-3)14(17)10-12/h8-10,13,15H,4-7,11,18H2,1-3H3. The summed E-state index contributed by atoms with van der Waals surface area (Å²) in [4.78, 5) is 0. The maximum absolute atomic E-state index is 6.38. The number of nitrogens with two attached hydrogens (primary N) is 1. The van der Waals surface area contributed by atoms with Crippen molar-refractivity contribution < 1.29 is 4.74 Å². The van der Waals surface area contributed by atoms with E-state index in [0.29, 0.717) is 5.92 Å². The van der Waals surface area contributed by atoms with Gasteiger partial charge in [0.2, 0.25) is 0 Å². The van der Waals surface area contributed by atoms with Crippen molar-refractivity contribution in [3.05, 3.63) is 28.2 Å². The average Bonchev–Trinajstić information content (AvgIpc) is 2.40. The molecule has 1 aromatic carbocycles. The van der Waals surface area contributed by atoms with Crippen LogP contribution in [-0.2, 0) is 6.42 Å². The zero-order valence-electron chi connectivity index (χ0n) is 12.3. The van der Waals surface area contributed by atoms with Crippen molar-refractivity contribution in [1.29, 1.82) is 0 Å². The van der Waals surface area contributed by atoms with Gasteiger partial charge in [-0.25, -0.2) is 0 Å². The number of benzene rings is 1. The number of ether oxygens (including phenoxy) is 1. The molecule has 0 fully saturated rings. The van der Waals surface area contributed by atoms with Crippen LogP contribution >= 0.6 is 15.9 Å². The van der Waals surface area contributed by atoms with Crippen LogP contribution in [0, 0.1) is 5.92 Å². The van der Waals surface area contributed by atoms with E-state index in [1.807, 2.05) is 6.07 Å². The monoisotopic (exact) mass is 327 g/mol. The third-order valence-corrected chi connectivity index (χ3v) is 4.37. The lowest BCUT2D eigenvalue weighted by atomic mass is 9.88. The highest BCUT2D eigenvalue weighted by Gasteiger charge is 2.16. The smallest absolute Gasteiger partial charge is 0.133 e. The van der Waals surface area contributed by atoms with E-state index in [2.05, 4.69) is 41.9 Å². The first kappa shape index (κ1) is 16.5. The molecule has 2 atom stereocenters. The number of hydrogen-bond acceptors (Lipinski definition) is 2. The number of unbranched alkanes of at least 4 members (excludes halogenated alkanes) is 1. The van der Waals surface area contributed by atoms with Gasteiger partial charge in [-0.2, -0.15) is 0 Å². The van der Waals surface area contributed by atoms with Crippen LogP contribution in [0.1, 0.15) is 45.1 Å². The zero-order valence-corrected chi connectivity index (χ0v) is 13.9. The molecule has 19 heavy (non-hydrogen) atoms. The van der Waals surface area contributed by atoms with Gasteiger partial charge >= 0.3 is 0 Å². The highest BCUT2D eigenvalue weighted by Crippen LogP contribution is 2.27. The Bertz CT molecular complexity index is 381. The van der Waals surface area contributed by atoms with Gasteiger partial charge < -0.3 is 10.5 Å². The fourth-order valence-corrected chi connectivity index (χ4v) is 3.05. The first-order valence-electron chi connectivity index (χ1n) is 7.20. The first-order chi connectivity index (χ1) is 9.12. The predicted octanol–water partition coefficient (Wildman–Crippen LogP) is 4.54. The molecule has 0 aliphatic heterocycles. The summed E-state index contributed by atoms with van der Waals surface area (Å²) in [6.45, 7) is 4.48. The van der Waals surface area contributed by atoms with Crippen LogP contribution in [0.4, 0.5) is 0 Å². The molecule has 2 unspecified atom stereocenters. The van der Waals surface area contributed by atoms with Gasteiger partial charge in [-0.1, -0.05) is 39.2 Å². The Morgan fingerprint density at radius 1 is 1.32 bits per heavy atom. The van der Waals surface area contributed by atoms with Crippen molar-refractivity contribution in [1.82, 2.24) is 0 Å². The van der Waals surface area contributed by atoms with Crippen molar-refractivity contribution >= 4 is 15.9 Å². The second kappa shape index (κ2) is 8.60. The molecule has 2 nitrogen and oxygen atoms in total. The Kier molecular flexibility index (Phi) is 7.47. The third kappa shape index (κ3) is 5.15. The predicted molar refractivity (Wildman–Crippen MR) is 85.7 cm³/mol. The normalized spacial score (nSPS) is 14.2. The lowest BCUT2D eigenvalue weighted by Gasteiger charge is -2.22. The van der Waals surface area contributed by atoms with E-state index < -0.39 is 0 Å². The molecule has 0 spiro atoms. The molecule has 2 N–H and O–H groups in total. The van der Waals surface area contributed by atoms with Crippen molar-refractivity contribution in [3.8, 4) is 5.75 Å². The van der Waals surface area contributed by atoms with Gasteiger partial charge in [-0.05, 0) is 52.4 Å². The van der Waals surface area contributed by atoms with Crippen molar-refractivity contribution in [2.45, 2.75) is 52.0 Å². The van der Waals surface area contributed by atoms with Gasteiger partial charge in [-0.3, -0.25) is 0 Å². The minimum Gasteiger partial charge on any atom is -0.496 e. The van der Waals surface area contributed by atoms with E-state index in [-0.39, 0.29) is 6.04 Å². The molecule has 0 heterocycles. The number of rotatable bonds is 8. The number of hydrogen-bond donors (Lipinski definition) is 1. The van der Waals surface area contributed by atoms with Gasteiger partial charge in [0, 0.05) is 6.04 Å². The molecule has 108 valence electrons. The molecule has 0 aromatic heterocycles. The van der Waals surface area contributed by atoms with E-state index in [4.69, 9.17) is 10.5 Å². The van der Waals surface area contributed by atoms with Crippen LogP contribution in [0.25, 0.3) is 0 Å². The van der Waals surface area contributed by atoms with Gasteiger partial charge in [0.15, 0.2) is 0 Å². The lowest BCUT2D eigenvalue weighted by Crippen LogP contribution is -2.32. The Balaban J connectivity index is 2.64. The van der Waals surface area contributed by atoms with Crippen LogP contribution < -0.4 is 10.5 Å². The molecule has 0 saturated heterocycles. The van der Waals surface area contributed by atoms with Gasteiger partial charge in [0.25, 0.3) is 0 Å². The minimum atomic E-state index is 0.247. The topological polar surface area (TPSA) is 35.2 Å². The molecular weight excluding hydrogens is 302 g/mol. The Morgan fingerprint density at radius 3 is 2.58 bits per heavy atom. The molecule has 0 radical (unpaired) electrons. The largest absolute Gasteiger partial charge is 0.496 e. The maximum Gasteiger partial charge on any atom is 0.133 e. The fourth-order valence-electron chi connectivity index (χ4n) is 2.46. The van der Waals surface area contributed by atoms with E-state index >= 15 is 0 Å². The fraction of sp³-hybridized carbons (Fsp3) is 0.625. The summed E-state index contributed by atoms with van der Waals surface area (Å²) in [6.07, 6.45) is 5.87. The Labute approximate surface area is 125 Å². The molecule has 0 saturated carbocycles. The molecule has 1 aromatic rings. The maximum atomic E-state index is 6.38. The van der Waals surface area contributed by atoms with Crippen LogP contribution in [0.2, 0.25) is 0 Å². The molecule has 0 aliphatic rings. The summed E-state index contributed by atoms with van der Waals surface area (Å²) < 4.78 is 6.25. The third-order valence-electron chi connectivity index (χ3n) is 3.75. The van der Waals surface area contributed by atoms with Gasteiger partial charge in [-0.15, -0.1) is 0 Å². The summed E-state index contributed by atoms with van der Waals surface area (Å²) in [5.41, 5.74) is 7.65. The molecule has 3 heteroatoms. The lowest BCUT2D eigenvalue weighted by molar-refractivity contribution is 0.368. The van der Waals surface area contributed by atoms with E-state index in [0.717, 1.165) is 16.6 Å². The highest BCUT2D eigenvalue weighted by molar-refractivity contribution is 9.10. The number of methoxy groups -OCH3 is 1. The zero-order chi connectivity index (χ0) is 14.3. The second-order valence-corrected chi connectivity index (χ2v) is 6.00. The SMILES string of the molecule is CCCCC(CC)C(N)Cc1ccc(OC)c(Br)c1. The van der Waals surface area contributed by atoms with Crippen LogP contribution in [0.15, 0.2) is 22.7 Å². The Hall–Kier alpha value is -0.540. The highest BCUT2D eigenvalue weighted by atomic mass is 79.9. The number of halogens is 1. The van der Waals surface area contributed by atoms with Gasteiger partial charge in [0.05, 0.1) is 11.6 Å². The summed E-state index contributed by atoms with van der Waals surface area (Å²) in [5.74, 6) is 1.50. The Morgan fingerprint density at radius 2 is 2.05 bits per heavy atom. The van der Waals surface area contributed by atoms with E-state index in [1.54, 1.807) is 7.11 Å². The molecule has 0 amide bonds. The van der Waals surface area contributed by atoms with Crippen molar-refractivity contribution in [3.63, 3.8) is 0 Å². The summed E-state index contributed by atoms with van der Waals surface area (Å²) in [5, 5.41) is 0. The van der Waals surface area contributed by atoms with Crippen LogP contribution in [0.5, 0.6) is 5.75 Å². The summed E-state index contributed by atoms with van der Waals surface area (Å²) >= 11 is 3.53. The molecule has 0 aliphatic carbocycles. The first-order valence-corrected chi connectivity index (χ1v) is 7.99. The summed E-state index contributed by atoms with van der Waals surface area (Å²) in [7, 11) is 1.68. The van der Waals surface area contributed by atoms with E-state index in [1.165, 1.54) is 31.2 Å².